The van der Waals surface area contributed by atoms with Crippen molar-refractivity contribution in [3.63, 3.8) is 0 Å². The van der Waals surface area contributed by atoms with Gasteiger partial charge in [-0.1, -0.05) is 0 Å². The zero-order valence-corrected chi connectivity index (χ0v) is 10.1. The standard InChI is InChI=1S/C13H18FNO2/c1-16-12-2-4-13(5-3-12)17-7-6-15-9-11(8-14)10-15/h2-5,11H,6-10H2,1H3. The number of hydrogen-bond acceptors (Lipinski definition) is 3. The van der Waals surface area contributed by atoms with Gasteiger partial charge in [0.1, 0.15) is 18.1 Å². The molecule has 0 N–H and O–H groups in total. The summed E-state index contributed by atoms with van der Waals surface area (Å²) in [6.45, 7) is 3.04. The lowest BCUT2D eigenvalue weighted by molar-refractivity contribution is 0.0668. The van der Waals surface area contributed by atoms with E-state index in [0.29, 0.717) is 6.61 Å². The number of hydrogen-bond donors (Lipinski definition) is 0. The molecule has 0 spiro atoms. The molecular weight excluding hydrogens is 221 g/mol. The Labute approximate surface area is 101 Å². The van der Waals surface area contributed by atoms with Crippen LogP contribution in [0.4, 0.5) is 4.39 Å². The first-order valence-electron chi connectivity index (χ1n) is 5.87. The molecule has 4 heteroatoms. The van der Waals surface area contributed by atoms with Gasteiger partial charge in [-0.15, -0.1) is 0 Å². The fraction of sp³-hybridized carbons (Fsp3) is 0.538. The van der Waals surface area contributed by atoms with Crippen molar-refractivity contribution in [3.8, 4) is 11.5 Å². The fourth-order valence-electron chi connectivity index (χ4n) is 1.92. The van der Waals surface area contributed by atoms with Crippen molar-refractivity contribution in [3.05, 3.63) is 24.3 Å². The van der Waals surface area contributed by atoms with Crippen LogP contribution in [0.25, 0.3) is 0 Å². The van der Waals surface area contributed by atoms with Gasteiger partial charge in [0, 0.05) is 25.6 Å². The predicted octanol–water partition coefficient (Wildman–Crippen LogP) is 1.98. The molecule has 1 heterocycles. The van der Waals surface area contributed by atoms with Crippen LogP contribution < -0.4 is 9.47 Å². The highest BCUT2D eigenvalue weighted by Crippen LogP contribution is 2.18. The van der Waals surface area contributed by atoms with Gasteiger partial charge < -0.3 is 9.47 Å². The predicted molar refractivity (Wildman–Crippen MR) is 64.4 cm³/mol. The van der Waals surface area contributed by atoms with Crippen molar-refractivity contribution in [2.24, 2.45) is 5.92 Å². The van der Waals surface area contributed by atoms with E-state index in [2.05, 4.69) is 4.90 Å². The number of ether oxygens (including phenoxy) is 2. The largest absolute Gasteiger partial charge is 0.497 e. The molecule has 1 fully saturated rings. The summed E-state index contributed by atoms with van der Waals surface area (Å²) in [5, 5.41) is 0. The van der Waals surface area contributed by atoms with Crippen molar-refractivity contribution in [2.45, 2.75) is 0 Å². The minimum Gasteiger partial charge on any atom is -0.497 e. The lowest BCUT2D eigenvalue weighted by Crippen LogP contribution is -2.49. The Hall–Kier alpha value is -1.29. The van der Waals surface area contributed by atoms with E-state index in [1.54, 1.807) is 7.11 Å². The Morgan fingerprint density at radius 1 is 1.24 bits per heavy atom. The molecular formula is C13H18FNO2. The van der Waals surface area contributed by atoms with Gasteiger partial charge >= 0.3 is 0 Å². The molecule has 0 saturated carbocycles. The number of halogens is 1. The van der Waals surface area contributed by atoms with Crippen molar-refractivity contribution >= 4 is 0 Å². The highest BCUT2D eigenvalue weighted by atomic mass is 19.1. The Bertz CT molecular complexity index is 336. The molecule has 1 saturated heterocycles. The van der Waals surface area contributed by atoms with Crippen LogP contribution in [-0.2, 0) is 0 Å². The fourth-order valence-corrected chi connectivity index (χ4v) is 1.92. The number of benzene rings is 1. The Morgan fingerprint density at radius 2 is 1.88 bits per heavy atom. The minimum absolute atomic E-state index is 0.199. The highest BCUT2D eigenvalue weighted by molar-refractivity contribution is 5.31. The molecule has 1 aromatic carbocycles. The van der Waals surface area contributed by atoms with Crippen molar-refractivity contribution in [1.82, 2.24) is 4.90 Å². The zero-order valence-electron chi connectivity index (χ0n) is 10.1. The van der Waals surface area contributed by atoms with Crippen LogP contribution in [0.1, 0.15) is 0 Å². The second-order valence-electron chi connectivity index (χ2n) is 4.30. The summed E-state index contributed by atoms with van der Waals surface area (Å²) in [6.07, 6.45) is 0. The topological polar surface area (TPSA) is 21.7 Å². The molecule has 3 nitrogen and oxygen atoms in total. The van der Waals surface area contributed by atoms with Crippen LogP contribution >= 0.6 is 0 Å². The van der Waals surface area contributed by atoms with Gasteiger partial charge in [0.25, 0.3) is 0 Å². The Balaban J connectivity index is 1.64. The molecule has 0 atom stereocenters. The zero-order chi connectivity index (χ0) is 12.1. The third-order valence-electron chi connectivity index (χ3n) is 2.99. The van der Waals surface area contributed by atoms with E-state index >= 15 is 0 Å². The lowest BCUT2D eigenvalue weighted by Gasteiger charge is -2.37. The molecule has 0 aliphatic carbocycles. The van der Waals surface area contributed by atoms with Crippen LogP contribution in [0.2, 0.25) is 0 Å². The molecule has 1 aliphatic heterocycles. The van der Waals surface area contributed by atoms with Crippen LogP contribution in [0.3, 0.4) is 0 Å². The van der Waals surface area contributed by atoms with Crippen LogP contribution in [-0.4, -0.2) is 44.9 Å². The molecule has 0 radical (unpaired) electrons. The summed E-state index contributed by atoms with van der Waals surface area (Å²) in [6, 6.07) is 7.52. The molecule has 2 rings (SSSR count). The van der Waals surface area contributed by atoms with Gasteiger partial charge in [-0.2, -0.15) is 0 Å². The van der Waals surface area contributed by atoms with Gasteiger partial charge in [-0.25, -0.2) is 0 Å². The maximum Gasteiger partial charge on any atom is 0.119 e. The maximum absolute atomic E-state index is 12.2. The van der Waals surface area contributed by atoms with E-state index in [0.717, 1.165) is 31.1 Å². The third-order valence-corrected chi connectivity index (χ3v) is 2.99. The molecule has 0 aromatic heterocycles. The van der Waals surface area contributed by atoms with Crippen molar-refractivity contribution in [2.75, 3.05) is 40.0 Å². The monoisotopic (exact) mass is 239 g/mol. The first-order chi connectivity index (χ1) is 8.31. The van der Waals surface area contributed by atoms with Gasteiger partial charge in [-0.3, -0.25) is 9.29 Å². The first-order valence-corrected chi connectivity index (χ1v) is 5.87. The summed E-state index contributed by atoms with van der Waals surface area (Å²) in [7, 11) is 1.64. The second kappa shape index (κ2) is 5.87. The molecule has 94 valence electrons. The van der Waals surface area contributed by atoms with Crippen molar-refractivity contribution < 1.29 is 13.9 Å². The van der Waals surface area contributed by atoms with Crippen LogP contribution in [0, 0.1) is 5.92 Å². The third kappa shape index (κ3) is 3.33. The van der Waals surface area contributed by atoms with E-state index in [9.17, 15) is 4.39 Å². The van der Waals surface area contributed by atoms with Crippen LogP contribution in [0.15, 0.2) is 24.3 Å². The van der Waals surface area contributed by atoms with E-state index < -0.39 is 0 Å². The Kier molecular flexibility index (Phi) is 4.20. The Morgan fingerprint density at radius 3 is 2.47 bits per heavy atom. The average molecular weight is 239 g/mol. The molecule has 0 unspecified atom stereocenters. The second-order valence-corrected chi connectivity index (χ2v) is 4.30. The smallest absolute Gasteiger partial charge is 0.119 e. The summed E-state index contributed by atoms with van der Waals surface area (Å²) in [5.74, 6) is 1.91. The molecule has 0 amide bonds. The molecule has 1 aromatic rings. The summed E-state index contributed by atoms with van der Waals surface area (Å²) >= 11 is 0. The normalized spacial score (nSPS) is 16.6. The van der Waals surface area contributed by atoms with Gasteiger partial charge in [-0.05, 0) is 24.3 Å². The van der Waals surface area contributed by atoms with E-state index in [1.165, 1.54) is 0 Å². The van der Waals surface area contributed by atoms with Gasteiger partial charge in [0.15, 0.2) is 0 Å². The quantitative estimate of drug-likeness (QED) is 0.757. The SMILES string of the molecule is COc1ccc(OCCN2CC(CF)C2)cc1. The number of rotatable bonds is 6. The van der Waals surface area contributed by atoms with E-state index in [-0.39, 0.29) is 12.6 Å². The van der Waals surface area contributed by atoms with Gasteiger partial charge in [0.05, 0.1) is 13.8 Å². The summed E-state index contributed by atoms with van der Waals surface area (Å²) in [4.78, 5) is 2.20. The number of nitrogens with zero attached hydrogens (tertiary/aromatic N) is 1. The number of likely N-dealkylation sites (tertiary alicyclic amines) is 1. The maximum atomic E-state index is 12.2. The minimum atomic E-state index is -0.199. The van der Waals surface area contributed by atoms with Crippen molar-refractivity contribution in [1.29, 1.82) is 0 Å². The number of alkyl halides is 1. The van der Waals surface area contributed by atoms with E-state index in [4.69, 9.17) is 9.47 Å². The highest BCUT2D eigenvalue weighted by Gasteiger charge is 2.25. The van der Waals surface area contributed by atoms with Crippen LogP contribution in [0.5, 0.6) is 11.5 Å². The molecule has 17 heavy (non-hydrogen) atoms. The summed E-state index contributed by atoms with van der Waals surface area (Å²) in [5.41, 5.74) is 0. The molecule has 1 aliphatic rings. The van der Waals surface area contributed by atoms with E-state index in [1.807, 2.05) is 24.3 Å². The lowest BCUT2D eigenvalue weighted by atomic mass is 10.0. The molecule has 0 bridgehead atoms. The average Bonchev–Trinajstić information content (AvgIpc) is 2.33. The first kappa shape index (κ1) is 12.2. The van der Waals surface area contributed by atoms with Gasteiger partial charge in [0.2, 0.25) is 0 Å². The summed E-state index contributed by atoms with van der Waals surface area (Å²) < 4.78 is 22.9. The number of methoxy groups -OCH3 is 1.